The van der Waals surface area contributed by atoms with Crippen LogP contribution in [0, 0.1) is 5.92 Å². The molecule has 0 bridgehead atoms. The maximum absolute atomic E-state index is 12.9. The van der Waals surface area contributed by atoms with Crippen molar-refractivity contribution < 1.29 is 26.4 Å². The molecule has 150 valence electrons. The smallest absolute Gasteiger partial charge is 0.349 e. The number of carbonyl (C=O) groups excluding carboxylic acids is 1. The molecule has 1 amide bonds. The lowest BCUT2D eigenvalue weighted by Crippen LogP contribution is -2.41. The molecule has 0 spiro atoms. The van der Waals surface area contributed by atoms with Crippen LogP contribution in [-0.4, -0.2) is 32.6 Å². The molecule has 2 N–H and O–H groups in total. The predicted molar refractivity (Wildman–Crippen MR) is 96.8 cm³/mol. The molecule has 27 heavy (non-hydrogen) atoms. The van der Waals surface area contributed by atoms with Gasteiger partial charge in [-0.2, -0.15) is 13.2 Å². The van der Waals surface area contributed by atoms with Gasteiger partial charge in [-0.05, 0) is 66.2 Å². The molecule has 2 fully saturated rings. The van der Waals surface area contributed by atoms with Crippen LogP contribution in [0.5, 0.6) is 0 Å². The zero-order valence-electron chi connectivity index (χ0n) is 14.4. The van der Waals surface area contributed by atoms with Gasteiger partial charge in [-0.3, -0.25) is 4.79 Å². The largest absolute Gasteiger partial charge is 0.391 e. The number of benzene rings is 1. The third-order valence-corrected chi connectivity index (χ3v) is 7.07. The molecular weight excluding hydrogens is 449 g/mol. The molecular formula is C17H20BrF3N2O3S. The lowest BCUT2D eigenvalue weighted by atomic mass is 9.85. The molecule has 5 nitrogen and oxygen atoms in total. The zero-order chi connectivity index (χ0) is 19.8. The summed E-state index contributed by atoms with van der Waals surface area (Å²) in [6.07, 6.45) is -1.94. The Labute approximate surface area is 164 Å². The highest BCUT2D eigenvalue weighted by Gasteiger charge is 2.42. The summed E-state index contributed by atoms with van der Waals surface area (Å²) < 4.78 is 66.4. The third-order valence-electron chi connectivity index (χ3n) is 4.86. The average molecular weight is 469 g/mol. The quantitative estimate of drug-likeness (QED) is 0.690. The number of alkyl halides is 3. The molecule has 2 atom stereocenters. The van der Waals surface area contributed by atoms with Crippen LogP contribution in [0.1, 0.15) is 48.9 Å². The molecule has 10 heteroatoms. The molecule has 2 unspecified atom stereocenters. The Kier molecular flexibility index (Phi) is 5.88. The van der Waals surface area contributed by atoms with Crippen molar-refractivity contribution in [2.45, 2.75) is 61.7 Å². The van der Waals surface area contributed by atoms with Crippen LogP contribution in [-0.2, 0) is 10.0 Å². The van der Waals surface area contributed by atoms with E-state index >= 15 is 0 Å². The van der Waals surface area contributed by atoms with Gasteiger partial charge in [0.25, 0.3) is 5.91 Å². The van der Waals surface area contributed by atoms with E-state index in [0.29, 0.717) is 17.3 Å². The van der Waals surface area contributed by atoms with E-state index in [-0.39, 0.29) is 29.3 Å². The summed E-state index contributed by atoms with van der Waals surface area (Å²) in [5.41, 5.74) is 0.0859. The number of carbonyl (C=O) groups is 1. The molecule has 0 aliphatic heterocycles. The fraction of sp³-hybridized carbons (Fsp3) is 0.588. The Bertz CT molecular complexity index is 825. The zero-order valence-corrected chi connectivity index (χ0v) is 16.8. The molecule has 0 saturated heterocycles. The van der Waals surface area contributed by atoms with E-state index in [1.807, 2.05) is 0 Å². The van der Waals surface area contributed by atoms with Crippen molar-refractivity contribution in [2.24, 2.45) is 5.92 Å². The van der Waals surface area contributed by atoms with Crippen LogP contribution >= 0.6 is 15.9 Å². The molecule has 2 aliphatic carbocycles. The highest BCUT2D eigenvalue weighted by Crippen LogP contribution is 2.37. The normalized spacial score (nSPS) is 23.9. The second-order valence-electron chi connectivity index (χ2n) is 7.11. The predicted octanol–water partition coefficient (Wildman–Crippen LogP) is 3.74. The molecule has 2 aliphatic rings. The fourth-order valence-corrected chi connectivity index (χ4v) is 4.97. The number of hydrogen-bond donors (Lipinski definition) is 2. The molecule has 0 radical (unpaired) electrons. The van der Waals surface area contributed by atoms with Gasteiger partial charge in [0.1, 0.15) is 0 Å². The number of halogens is 4. The highest BCUT2D eigenvalue weighted by molar-refractivity contribution is 9.10. The monoisotopic (exact) mass is 468 g/mol. The van der Waals surface area contributed by atoms with Crippen molar-refractivity contribution in [3.05, 3.63) is 28.2 Å². The highest BCUT2D eigenvalue weighted by atomic mass is 79.9. The summed E-state index contributed by atoms with van der Waals surface area (Å²) in [6, 6.07) is 3.42. The van der Waals surface area contributed by atoms with Crippen LogP contribution in [0.4, 0.5) is 13.2 Å². The first-order valence-electron chi connectivity index (χ1n) is 8.76. The minimum Gasteiger partial charge on any atom is -0.349 e. The van der Waals surface area contributed by atoms with Gasteiger partial charge in [-0.1, -0.05) is 6.42 Å². The summed E-state index contributed by atoms with van der Waals surface area (Å²) in [5.74, 6) is -2.01. The number of nitrogens with one attached hydrogen (secondary N) is 2. The van der Waals surface area contributed by atoms with Gasteiger partial charge in [0.05, 0.1) is 16.4 Å². The van der Waals surface area contributed by atoms with Gasteiger partial charge >= 0.3 is 6.18 Å². The summed E-state index contributed by atoms with van der Waals surface area (Å²) in [5, 5.41) is 2.63. The lowest BCUT2D eigenvalue weighted by molar-refractivity contribution is -0.183. The van der Waals surface area contributed by atoms with Crippen LogP contribution in [0.2, 0.25) is 0 Å². The number of amides is 1. The molecule has 0 heterocycles. The topological polar surface area (TPSA) is 75.3 Å². The number of rotatable bonds is 5. The maximum Gasteiger partial charge on any atom is 0.391 e. The Hall–Kier alpha value is -1.13. The van der Waals surface area contributed by atoms with E-state index in [9.17, 15) is 26.4 Å². The third kappa shape index (κ3) is 5.23. The van der Waals surface area contributed by atoms with E-state index in [4.69, 9.17) is 0 Å². The number of sulfonamides is 1. The van der Waals surface area contributed by atoms with Gasteiger partial charge in [0, 0.05) is 16.6 Å². The van der Waals surface area contributed by atoms with E-state index < -0.39 is 34.1 Å². The van der Waals surface area contributed by atoms with E-state index in [1.54, 1.807) is 0 Å². The van der Waals surface area contributed by atoms with Crippen LogP contribution < -0.4 is 10.0 Å². The molecule has 3 rings (SSSR count). The summed E-state index contributed by atoms with van der Waals surface area (Å²) >= 11 is 3.21. The van der Waals surface area contributed by atoms with Crippen molar-refractivity contribution in [3.63, 3.8) is 0 Å². The van der Waals surface area contributed by atoms with Crippen molar-refractivity contribution >= 4 is 31.9 Å². The van der Waals surface area contributed by atoms with Crippen molar-refractivity contribution in [2.75, 3.05) is 0 Å². The fourth-order valence-electron chi connectivity index (χ4n) is 3.22. The first kappa shape index (κ1) is 20.6. The van der Waals surface area contributed by atoms with Crippen LogP contribution in [0.15, 0.2) is 27.6 Å². The summed E-state index contributed by atoms with van der Waals surface area (Å²) in [6.45, 7) is 0. The minimum atomic E-state index is -4.27. The second-order valence-corrected chi connectivity index (χ2v) is 9.68. The standard InChI is InChI=1S/C17H20BrF3N2O3S/c18-15-7-6-13(27(25,26)23-11-4-5-11)9-14(15)16(24)22-12-3-1-2-10(8-12)17(19,20)21/h6-7,9-12,23H,1-5,8H2,(H,22,24). The van der Waals surface area contributed by atoms with Crippen molar-refractivity contribution in [1.82, 2.24) is 10.0 Å². The Morgan fingerprint density at radius 1 is 1.11 bits per heavy atom. The van der Waals surface area contributed by atoms with E-state index in [2.05, 4.69) is 26.0 Å². The molecule has 0 aromatic heterocycles. The molecule has 1 aromatic rings. The Morgan fingerprint density at radius 3 is 2.44 bits per heavy atom. The van der Waals surface area contributed by atoms with Gasteiger partial charge in [0.2, 0.25) is 10.0 Å². The molecule has 1 aromatic carbocycles. The molecule has 2 saturated carbocycles. The average Bonchev–Trinajstić information content (AvgIpc) is 3.37. The van der Waals surface area contributed by atoms with E-state index in [0.717, 1.165) is 12.8 Å². The maximum atomic E-state index is 12.9. The summed E-state index contributed by atoms with van der Waals surface area (Å²) in [7, 11) is -3.73. The summed E-state index contributed by atoms with van der Waals surface area (Å²) in [4.78, 5) is 12.5. The SMILES string of the molecule is O=C(NC1CCCC(C(F)(F)F)C1)c1cc(S(=O)(=O)NC2CC2)ccc1Br. The van der Waals surface area contributed by atoms with Crippen LogP contribution in [0.3, 0.4) is 0 Å². The van der Waals surface area contributed by atoms with Crippen molar-refractivity contribution in [3.8, 4) is 0 Å². The number of hydrogen-bond acceptors (Lipinski definition) is 3. The van der Waals surface area contributed by atoms with Crippen LogP contribution in [0.25, 0.3) is 0 Å². The van der Waals surface area contributed by atoms with Gasteiger partial charge in [0.15, 0.2) is 0 Å². The lowest BCUT2D eigenvalue weighted by Gasteiger charge is -2.31. The van der Waals surface area contributed by atoms with E-state index in [1.165, 1.54) is 18.2 Å². The van der Waals surface area contributed by atoms with Crippen molar-refractivity contribution in [1.29, 1.82) is 0 Å². The van der Waals surface area contributed by atoms with Gasteiger partial charge < -0.3 is 5.32 Å². The Balaban J connectivity index is 1.73. The van der Waals surface area contributed by atoms with Gasteiger partial charge in [-0.25, -0.2) is 13.1 Å². The first-order valence-corrected chi connectivity index (χ1v) is 11.0. The van der Waals surface area contributed by atoms with Gasteiger partial charge in [-0.15, -0.1) is 0 Å². The first-order chi connectivity index (χ1) is 12.6. The second kappa shape index (κ2) is 7.71. The Morgan fingerprint density at radius 2 is 1.81 bits per heavy atom. The minimum absolute atomic E-state index is 0.0421.